The number of aromatic amines is 2. The molecule has 0 amide bonds. The number of H-pyrrole nitrogens is 2. The molecule has 394 valence electrons. The van der Waals surface area contributed by atoms with Gasteiger partial charge in [-0.2, -0.15) is 0 Å². The van der Waals surface area contributed by atoms with Gasteiger partial charge in [-0.15, -0.1) is 0 Å². The molecule has 17 rings (SSSR count). The summed E-state index contributed by atoms with van der Waals surface area (Å²) < 4.78 is 0. The number of aromatic nitrogens is 8. The maximum Gasteiger partial charge on any atom is 0.134 e. The molecular weight excluding hydrogens is 1040 g/mol. The number of phenolic OH excluding ortho intramolecular Hbond substituents is 4. The number of nitrogens with zero attached hydrogens (tertiary/aromatic N) is 6. The fourth-order valence-electron chi connectivity index (χ4n) is 12.4. The van der Waals surface area contributed by atoms with Crippen LogP contribution in [0.25, 0.3) is 177 Å². The molecule has 84 heavy (non-hydrogen) atoms. The molecule has 0 unspecified atom stereocenters. The van der Waals surface area contributed by atoms with Gasteiger partial charge < -0.3 is 30.4 Å². The maximum atomic E-state index is 12.2. The van der Waals surface area contributed by atoms with Gasteiger partial charge in [0.1, 0.15) is 23.0 Å². The number of nitrogens with one attached hydrogen (secondary N) is 2. The number of phenols is 4. The molecule has 15 aromatic rings. The van der Waals surface area contributed by atoms with Crippen LogP contribution in [-0.4, -0.2) is 60.3 Å². The van der Waals surface area contributed by atoms with Crippen molar-refractivity contribution in [2.75, 3.05) is 0 Å². The van der Waals surface area contributed by atoms with Crippen molar-refractivity contribution >= 4 is 155 Å². The number of benzene rings is 7. The van der Waals surface area contributed by atoms with Crippen molar-refractivity contribution in [3.8, 4) is 45.3 Å². The molecule has 0 radical (unpaired) electrons. The monoisotopic (exact) mass is 1080 g/mol. The van der Waals surface area contributed by atoms with Crippen molar-refractivity contribution in [3.05, 3.63) is 217 Å². The molecule has 2 aliphatic rings. The zero-order valence-electron chi connectivity index (χ0n) is 44.3. The van der Waals surface area contributed by atoms with E-state index in [1.165, 1.54) is 0 Å². The summed E-state index contributed by atoms with van der Waals surface area (Å²) in [6.45, 7) is 0. The Hall–Kier alpha value is -11.8. The van der Waals surface area contributed by atoms with Gasteiger partial charge in [-0.05, 0) is 132 Å². The zero-order chi connectivity index (χ0) is 55.9. The van der Waals surface area contributed by atoms with Gasteiger partial charge in [-0.25, -0.2) is 29.9 Å². The van der Waals surface area contributed by atoms with Crippen LogP contribution in [0.5, 0.6) is 23.0 Å². The molecular formula is C72H42N8O4. The second-order valence-corrected chi connectivity index (χ2v) is 21.3. The SMILES string of the molecule is Oc1c2cccc1c1ccc3ccc4ccc(nc4c3n1)c1cccc(c1O)c1ccc([nH]1)c(-c1ccc(-c3c4nc(c5cccc(c5O)c5ccc6ccc7ccc(nc7c6n5)c5cccc(c5O)c5ccc3[nH]5)C=C4)cc1)c1nc2C=C1. The largest absolute Gasteiger partial charge is 0.507 e. The molecule has 6 N–H and O–H groups in total. The molecule has 0 atom stereocenters. The maximum absolute atomic E-state index is 12.2. The van der Waals surface area contributed by atoms with Gasteiger partial charge in [-0.3, -0.25) is 0 Å². The highest BCUT2D eigenvalue weighted by atomic mass is 16.3. The Labute approximate surface area is 475 Å². The highest BCUT2D eigenvalue weighted by Crippen LogP contribution is 2.41. The Bertz CT molecular complexity index is 5450. The summed E-state index contributed by atoms with van der Waals surface area (Å²) in [6, 6.07) is 62.4. The molecule has 0 fully saturated rings. The van der Waals surface area contributed by atoms with E-state index >= 15 is 0 Å². The molecule has 24 bridgehead atoms. The summed E-state index contributed by atoms with van der Waals surface area (Å²) in [5, 5.41) is 56.7. The minimum Gasteiger partial charge on any atom is -0.507 e. The number of para-hydroxylation sites is 4. The van der Waals surface area contributed by atoms with Crippen LogP contribution in [0, 0.1) is 0 Å². The van der Waals surface area contributed by atoms with Crippen molar-refractivity contribution in [3.63, 3.8) is 0 Å². The fraction of sp³-hybridized carbons (Fsp3) is 0. The number of pyridine rings is 4. The lowest BCUT2D eigenvalue weighted by Crippen LogP contribution is -1.89. The predicted octanol–water partition coefficient (Wildman–Crippen LogP) is 17.0. The molecule has 2 aliphatic heterocycles. The Morgan fingerprint density at radius 1 is 0.238 bits per heavy atom. The zero-order valence-corrected chi connectivity index (χ0v) is 44.3. The van der Waals surface area contributed by atoms with E-state index < -0.39 is 0 Å². The van der Waals surface area contributed by atoms with Crippen LogP contribution in [0.15, 0.2) is 194 Å². The smallest absolute Gasteiger partial charge is 0.134 e. The van der Waals surface area contributed by atoms with Crippen LogP contribution in [0.3, 0.4) is 0 Å². The van der Waals surface area contributed by atoms with Crippen molar-refractivity contribution < 1.29 is 20.4 Å². The normalized spacial score (nSPS) is 12.4. The van der Waals surface area contributed by atoms with Crippen molar-refractivity contribution in [1.82, 2.24) is 39.9 Å². The van der Waals surface area contributed by atoms with E-state index in [1.54, 1.807) is 0 Å². The first-order chi connectivity index (χ1) is 41.2. The lowest BCUT2D eigenvalue weighted by molar-refractivity contribution is 0.486. The average molecular weight is 1080 g/mol. The van der Waals surface area contributed by atoms with Gasteiger partial charge in [0.25, 0.3) is 0 Å². The highest BCUT2D eigenvalue weighted by Gasteiger charge is 2.19. The first-order valence-electron chi connectivity index (χ1n) is 27.5. The summed E-state index contributed by atoms with van der Waals surface area (Å²) >= 11 is 0. The first-order valence-corrected chi connectivity index (χ1v) is 27.5. The fourth-order valence-corrected chi connectivity index (χ4v) is 12.4. The first kappa shape index (κ1) is 47.1. The van der Waals surface area contributed by atoms with E-state index in [4.69, 9.17) is 29.9 Å². The number of fused-ring (bicyclic) bond motifs is 28. The quantitative estimate of drug-likeness (QED) is 0.0909. The summed E-state index contributed by atoms with van der Waals surface area (Å²) in [5.74, 6) is 0.246. The van der Waals surface area contributed by atoms with Crippen LogP contribution in [-0.2, 0) is 0 Å². The number of aromatic hydroxyl groups is 4. The molecule has 12 heteroatoms. The van der Waals surface area contributed by atoms with E-state index in [0.29, 0.717) is 121 Å². The van der Waals surface area contributed by atoms with E-state index in [1.807, 2.05) is 194 Å². The molecule has 0 saturated carbocycles. The number of rotatable bonds is 2. The van der Waals surface area contributed by atoms with Gasteiger partial charge in [0.2, 0.25) is 0 Å². The standard InChI is InChI=1S/C72H42N8O4/c81-69-43-5-1-9-47(69)55-25-21-39-17-18-40-22-26-56(78-66(40)65(39)77-55)48-10-2-6-44(70(48)82)52-30-34-60(74-52)63(59-33-29-51(43)73-59)37-13-15-38(16-14-37)64-61-35-31-53(75-61)45-7-3-11-49(71(45)83)57-27-23-41-19-20-42-24-28-58(80-68(42)67(41)79-57)50-12-4-8-46(72(50)84)54-32-36-62(64)76-54/h1-36,73,75,81-84H. The Morgan fingerprint density at radius 2 is 0.512 bits per heavy atom. The molecule has 0 aliphatic carbocycles. The summed E-state index contributed by atoms with van der Waals surface area (Å²) in [5.41, 5.74) is 13.5. The Kier molecular flexibility index (Phi) is 10.0. The summed E-state index contributed by atoms with van der Waals surface area (Å²) in [4.78, 5) is 38.4. The summed E-state index contributed by atoms with van der Waals surface area (Å²) in [7, 11) is 0. The topological polar surface area (TPSA) is 190 Å². The highest BCUT2D eigenvalue weighted by molar-refractivity contribution is 6.11. The van der Waals surface area contributed by atoms with Crippen LogP contribution >= 0.6 is 0 Å². The van der Waals surface area contributed by atoms with Gasteiger partial charge in [0, 0.05) is 97.8 Å². The Balaban J connectivity index is 0.913. The van der Waals surface area contributed by atoms with Crippen LogP contribution in [0.1, 0.15) is 22.8 Å². The van der Waals surface area contributed by atoms with Crippen LogP contribution < -0.4 is 0 Å². The second kappa shape index (κ2) is 17.9. The number of hydrogen-bond donors (Lipinski definition) is 6. The van der Waals surface area contributed by atoms with E-state index in [9.17, 15) is 20.4 Å². The van der Waals surface area contributed by atoms with Gasteiger partial charge >= 0.3 is 0 Å². The van der Waals surface area contributed by atoms with E-state index in [0.717, 1.165) is 54.8 Å². The molecule has 7 aromatic carbocycles. The average Bonchev–Trinajstić information content (AvgIpc) is 4.57. The summed E-state index contributed by atoms with van der Waals surface area (Å²) in [6.07, 6.45) is 7.74. The molecule has 10 heterocycles. The third kappa shape index (κ3) is 7.20. The lowest BCUT2D eigenvalue weighted by atomic mass is 9.98. The Morgan fingerprint density at radius 3 is 0.857 bits per heavy atom. The van der Waals surface area contributed by atoms with Gasteiger partial charge in [0.05, 0.1) is 66.9 Å². The van der Waals surface area contributed by atoms with Crippen molar-refractivity contribution in [1.29, 1.82) is 0 Å². The van der Waals surface area contributed by atoms with E-state index in [-0.39, 0.29) is 23.0 Å². The van der Waals surface area contributed by atoms with Crippen LogP contribution in [0.2, 0.25) is 0 Å². The molecule has 0 spiro atoms. The van der Waals surface area contributed by atoms with Gasteiger partial charge in [0.15, 0.2) is 0 Å². The van der Waals surface area contributed by atoms with Gasteiger partial charge in [-0.1, -0.05) is 97.1 Å². The lowest BCUT2D eigenvalue weighted by Gasteiger charge is -2.08. The van der Waals surface area contributed by atoms with E-state index in [2.05, 4.69) is 34.2 Å². The predicted molar refractivity (Wildman–Crippen MR) is 340 cm³/mol. The minimum absolute atomic E-state index is 0.0498. The molecule has 12 nitrogen and oxygen atoms in total. The third-order valence-electron chi connectivity index (χ3n) is 16.6. The number of hydrogen-bond acceptors (Lipinski definition) is 10. The minimum atomic E-state index is 0.0498. The van der Waals surface area contributed by atoms with Crippen molar-refractivity contribution in [2.24, 2.45) is 0 Å². The van der Waals surface area contributed by atoms with Crippen LogP contribution in [0.4, 0.5) is 0 Å². The molecule has 0 saturated heterocycles. The van der Waals surface area contributed by atoms with Crippen molar-refractivity contribution in [2.45, 2.75) is 0 Å². The third-order valence-corrected chi connectivity index (χ3v) is 16.6. The molecule has 8 aromatic heterocycles. The second-order valence-electron chi connectivity index (χ2n) is 21.3.